The van der Waals surface area contributed by atoms with Crippen molar-refractivity contribution in [1.29, 1.82) is 0 Å². The molecule has 0 saturated carbocycles. The molecule has 0 aliphatic carbocycles. The molecule has 0 atom stereocenters. The summed E-state index contributed by atoms with van der Waals surface area (Å²) in [6.07, 6.45) is 3.09. The smallest absolute Gasteiger partial charge is 0.190 e. The first kappa shape index (κ1) is 13.4. The SMILES string of the molecule is Cc1ccc(Sc2cnc(C(N)=NO)cn2)cc1C. The number of aromatic nitrogens is 2. The lowest BCUT2D eigenvalue weighted by Crippen LogP contribution is -2.15. The van der Waals surface area contributed by atoms with Crippen molar-refractivity contribution in [2.24, 2.45) is 10.9 Å². The number of hydrogen-bond donors (Lipinski definition) is 2. The number of nitrogens with two attached hydrogens (primary N) is 1. The minimum absolute atomic E-state index is 0.0461. The molecule has 98 valence electrons. The van der Waals surface area contributed by atoms with E-state index in [0.29, 0.717) is 5.69 Å². The van der Waals surface area contributed by atoms with Crippen molar-refractivity contribution >= 4 is 17.6 Å². The zero-order valence-corrected chi connectivity index (χ0v) is 11.5. The van der Waals surface area contributed by atoms with E-state index in [1.165, 1.54) is 29.1 Å². The van der Waals surface area contributed by atoms with Crippen LogP contribution in [-0.2, 0) is 0 Å². The molecule has 0 aliphatic heterocycles. The number of aryl methyl sites for hydroxylation is 2. The number of nitrogens with zero attached hydrogens (tertiary/aromatic N) is 3. The topological polar surface area (TPSA) is 84.4 Å². The molecular weight excluding hydrogens is 260 g/mol. The van der Waals surface area contributed by atoms with Gasteiger partial charge in [0.1, 0.15) is 10.7 Å². The van der Waals surface area contributed by atoms with Gasteiger partial charge in [0.2, 0.25) is 0 Å². The summed E-state index contributed by atoms with van der Waals surface area (Å²) >= 11 is 1.52. The van der Waals surface area contributed by atoms with Crippen molar-refractivity contribution in [3.8, 4) is 0 Å². The summed E-state index contributed by atoms with van der Waals surface area (Å²) in [4.78, 5) is 9.42. The van der Waals surface area contributed by atoms with Gasteiger partial charge in [0, 0.05) is 4.90 Å². The number of benzene rings is 1. The summed E-state index contributed by atoms with van der Waals surface area (Å²) in [6.45, 7) is 4.15. The Morgan fingerprint density at radius 3 is 2.58 bits per heavy atom. The Morgan fingerprint density at radius 1 is 1.21 bits per heavy atom. The van der Waals surface area contributed by atoms with Gasteiger partial charge in [-0.05, 0) is 37.1 Å². The maximum absolute atomic E-state index is 8.54. The number of oxime groups is 1. The number of hydrogen-bond acceptors (Lipinski definition) is 5. The third-order valence-electron chi connectivity index (χ3n) is 2.70. The Morgan fingerprint density at radius 2 is 2.00 bits per heavy atom. The average molecular weight is 274 g/mol. The highest BCUT2D eigenvalue weighted by Crippen LogP contribution is 2.26. The predicted octanol–water partition coefficient (Wildman–Crippen LogP) is 2.34. The fraction of sp³-hybridized carbons (Fsp3) is 0.154. The standard InChI is InChI=1S/C13H14N4OS/c1-8-3-4-10(5-9(8)2)19-12-7-15-11(6-16-12)13(14)17-18/h3-7,18H,1-2H3,(H2,14,17). The van der Waals surface area contributed by atoms with Crippen LogP contribution in [0, 0.1) is 13.8 Å². The number of amidine groups is 1. The summed E-state index contributed by atoms with van der Waals surface area (Å²) in [6, 6.07) is 6.24. The van der Waals surface area contributed by atoms with Crippen LogP contribution in [0.4, 0.5) is 0 Å². The molecule has 19 heavy (non-hydrogen) atoms. The lowest BCUT2D eigenvalue weighted by molar-refractivity contribution is 0.318. The van der Waals surface area contributed by atoms with E-state index >= 15 is 0 Å². The second-order valence-corrected chi connectivity index (χ2v) is 5.17. The molecule has 0 unspecified atom stereocenters. The van der Waals surface area contributed by atoms with Gasteiger partial charge in [0.05, 0.1) is 12.4 Å². The van der Waals surface area contributed by atoms with Crippen molar-refractivity contribution in [3.63, 3.8) is 0 Å². The third kappa shape index (κ3) is 3.23. The lowest BCUT2D eigenvalue weighted by Gasteiger charge is -2.04. The zero-order chi connectivity index (χ0) is 13.8. The highest BCUT2D eigenvalue weighted by Gasteiger charge is 2.04. The molecule has 0 fully saturated rings. The van der Waals surface area contributed by atoms with Crippen molar-refractivity contribution in [2.45, 2.75) is 23.8 Å². The maximum atomic E-state index is 8.54. The van der Waals surface area contributed by atoms with Crippen LogP contribution < -0.4 is 5.73 Å². The molecule has 0 radical (unpaired) electrons. The molecule has 0 spiro atoms. The molecule has 2 aromatic rings. The monoisotopic (exact) mass is 274 g/mol. The van der Waals surface area contributed by atoms with Crippen LogP contribution in [0.15, 0.2) is 45.7 Å². The van der Waals surface area contributed by atoms with E-state index in [4.69, 9.17) is 10.9 Å². The molecule has 2 rings (SSSR count). The van der Waals surface area contributed by atoms with E-state index in [2.05, 4.69) is 41.1 Å². The van der Waals surface area contributed by atoms with Gasteiger partial charge in [0.15, 0.2) is 5.84 Å². The van der Waals surface area contributed by atoms with E-state index in [-0.39, 0.29) is 5.84 Å². The van der Waals surface area contributed by atoms with Crippen molar-refractivity contribution in [3.05, 3.63) is 47.4 Å². The summed E-state index contributed by atoms with van der Waals surface area (Å²) in [5.74, 6) is -0.0461. The molecule has 0 saturated heterocycles. The van der Waals surface area contributed by atoms with Crippen LogP contribution in [0.3, 0.4) is 0 Å². The fourth-order valence-corrected chi connectivity index (χ4v) is 2.27. The van der Waals surface area contributed by atoms with Crippen molar-refractivity contribution in [2.75, 3.05) is 0 Å². The Balaban J connectivity index is 2.17. The first-order valence-electron chi connectivity index (χ1n) is 5.65. The van der Waals surface area contributed by atoms with Crippen LogP contribution in [-0.4, -0.2) is 21.0 Å². The Bertz CT molecular complexity index is 611. The van der Waals surface area contributed by atoms with Gasteiger partial charge < -0.3 is 10.9 Å². The molecule has 1 aromatic carbocycles. The molecule has 0 bridgehead atoms. The van der Waals surface area contributed by atoms with Gasteiger partial charge in [0.25, 0.3) is 0 Å². The van der Waals surface area contributed by atoms with Gasteiger partial charge in [-0.15, -0.1) is 0 Å². The van der Waals surface area contributed by atoms with Crippen LogP contribution in [0.25, 0.3) is 0 Å². The summed E-state index contributed by atoms with van der Waals surface area (Å²) < 4.78 is 0. The van der Waals surface area contributed by atoms with E-state index in [1.807, 2.05) is 6.07 Å². The Labute approximate surface area is 115 Å². The van der Waals surface area contributed by atoms with Crippen molar-refractivity contribution in [1.82, 2.24) is 9.97 Å². The van der Waals surface area contributed by atoms with Gasteiger partial charge >= 0.3 is 0 Å². The Hall–Kier alpha value is -2.08. The van der Waals surface area contributed by atoms with Crippen molar-refractivity contribution < 1.29 is 5.21 Å². The predicted molar refractivity (Wildman–Crippen MR) is 74.6 cm³/mol. The minimum atomic E-state index is -0.0461. The normalized spacial score (nSPS) is 11.6. The third-order valence-corrected chi connectivity index (χ3v) is 3.61. The molecular formula is C13H14N4OS. The second kappa shape index (κ2) is 5.71. The van der Waals surface area contributed by atoms with Crippen LogP contribution in [0.1, 0.15) is 16.8 Å². The first-order valence-corrected chi connectivity index (χ1v) is 6.47. The summed E-state index contributed by atoms with van der Waals surface area (Å²) in [7, 11) is 0. The van der Waals surface area contributed by atoms with E-state index in [9.17, 15) is 0 Å². The van der Waals surface area contributed by atoms with Gasteiger partial charge in [-0.2, -0.15) is 0 Å². The molecule has 1 heterocycles. The summed E-state index contributed by atoms with van der Waals surface area (Å²) in [5, 5.41) is 12.2. The molecule has 6 heteroatoms. The largest absolute Gasteiger partial charge is 0.409 e. The quantitative estimate of drug-likeness (QED) is 0.388. The van der Waals surface area contributed by atoms with Crippen LogP contribution in [0.5, 0.6) is 0 Å². The highest BCUT2D eigenvalue weighted by molar-refractivity contribution is 7.99. The zero-order valence-electron chi connectivity index (χ0n) is 10.7. The number of rotatable bonds is 3. The van der Waals surface area contributed by atoms with Gasteiger partial charge in [-0.1, -0.05) is 23.0 Å². The molecule has 3 N–H and O–H groups in total. The molecule has 0 aliphatic rings. The molecule has 0 amide bonds. The van der Waals surface area contributed by atoms with E-state index < -0.39 is 0 Å². The van der Waals surface area contributed by atoms with Gasteiger partial charge in [-0.3, -0.25) is 0 Å². The maximum Gasteiger partial charge on any atom is 0.190 e. The fourth-order valence-electron chi connectivity index (χ4n) is 1.45. The Kier molecular flexibility index (Phi) is 4.01. The van der Waals surface area contributed by atoms with E-state index in [0.717, 1.165) is 9.92 Å². The molecule has 5 nitrogen and oxygen atoms in total. The van der Waals surface area contributed by atoms with E-state index in [1.54, 1.807) is 6.20 Å². The highest BCUT2D eigenvalue weighted by atomic mass is 32.2. The summed E-state index contributed by atoms with van der Waals surface area (Å²) in [5.41, 5.74) is 8.28. The second-order valence-electron chi connectivity index (χ2n) is 4.07. The average Bonchev–Trinajstić information content (AvgIpc) is 2.43. The van der Waals surface area contributed by atoms with Crippen LogP contribution in [0.2, 0.25) is 0 Å². The lowest BCUT2D eigenvalue weighted by atomic mass is 10.1. The van der Waals surface area contributed by atoms with Gasteiger partial charge in [-0.25, -0.2) is 9.97 Å². The molecule has 1 aromatic heterocycles. The first-order chi connectivity index (χ1) is 9.10. The van der Waals surface area contributed by atoms with Crippen LogP contribution >= 0.6 is 11.8 Å². The minimum Gasteiger partial charge on any atom is -0.409 e.